The molecule has 1 aliphatic heterocycles. The topological polar surface area (TPSA) is 122 Å². The molecule has 0 saturated carbocycles. The van der Waals surface area contributed by atoms with E-state index in [-0.39, 0.29) is 27.7 Å². The Kier molecular flexibility index (Phi) is 6.78. The Balaban J connectivity index is 1.57. The van der Waals surface area contributed by atoms with E-state index in [4.69, 9.17) is 23.2 Å². The Labute approximate surface area is 215 Å². The number of hydrogen-bond donors (Lipinski definition) is 2. The zero-order valence-electron chi connectivity index (χ0n) is 19.0. The van der Waals surface area contributed by atoms with E-state index < -0.39 is 22.6 Å². The van der Waals surface area contributed by atoms with Crippen LogP contribution in [0.2, 0.25) is 5.02 Å². The van der Waals surface area contributed by atoms with E-state index in [1.54, 1.807) is 50.2 Å². The molecule has 3 aromatic rings. The average molecular weight is 525 g/mol. The van der Waals surface area contributed by atoms with E-state index in [1.807, 2.05) is 0 Å². The summed E-state index contributed by atoms with van der Waals surface area (Å²) in [5.41, 5.74) is 2.06. The molecule has 0 bridgehead atoms. The molecule has 0 fully saturated rings. The highest BCUT2D eigenvalue weighted by atomic mass is 35.5. The molecular weight excluding hydrogens is 507 g/mol. The summed E-state index contributed by atoms with van der Waals surface area (Å²) in [6, 6.07) is 15.2. The number of carbonyl (C=O) groups is 3. The molecule has 4 rings (SSSR count). The number of nitrogens with zero attached hydrogens (tertiary/aromatic N) is 2. The molecule has 9 nitrogen and oxygen atoms in total. The van der Waals surface area contributed by atoms with E-state index in [0.29, 0.717) is 27.5 Å². The Bertz CT molecular complexity index is 1470. The van der Waals surface area contributed by atoms with Crippen molar-refractivity contribution in [3.8, 4) is 0 Å². The molecule has 0 saturated heterocycles. The van der Waals surface area contributed by atoms with Crippen LogP contribution in [0.25, 0.3) is 0 Å². The van der Waals surface area contributed by atoms with E-state index in [9.17, 15) is 24.5 Å². The minimum absolute atomic E-state index is 0.115. The standard InChI is InChI=1S/C25H18Cl2N4O5/c1-13-3-5-15(23(32)28-17-8-4-14(2)20(12-17)31(35)36)11-19(13)29-22-21(27)24(33)30(25(22)34)18-9-6-16(26)7-10-18/h3-12,29H,1-2H3,(H,28,32). The van der Waals surface area contributed by atoms with Gasteiger partial charge in [-0.2, -0.15) is 0 Å². The van der Waals surface area contributed by atoms with Crippen molar-refractivity contribution in [1.29, 1.82) is 0 Å². The lowest BCUT2D eigenvalue weighted by molar-refractivity contribution is -0.385. The van der Waals surface area contributed by atoms with Crippen LogP contribution in [-0.2, 0) is 9.59 Å². The fraction of sp³-hybridized carbons (Fsp3) is 0.0800. The number of benzene rings is 3. The number of hydrogen-bond acceptors (Lipinski definition) is 6. The van der Waals surface area contributed by atoms with Gasteiger partial charge in [-0.25, -0.2) is 4.90 Å². The van der Waals surface area contributed by atoms with Crippen LogP contribution >= 0.6 is 23.2 Å². The van der Waals surface area contributed by atoms with Gasteiger partial charge in [-0.05, 0) is 61.9 Å². The van der Waals surface area contributed by atoms with Gasteiger partial charge in [0.05, 0.1) is 10.6 Å². The Hall–Kier alpha value is -4.21. The van der Waals surface area contributed by atoms with Crippen molar-refractivity contribution < 1.29 is 19.3 Å². The van der Waals surface area contributed by atoms with Gasteiger partial charge < -0.3 is 10.6 Å². The minimum Gasteiger partial charge on any atom is -0.349 e. The summed E-state index contributed by atoms with van der Waals surface area (Å²) in [7, 11) is 0. The first-order valence-corrected chi connectivity index (χ1v) is 11.3. The van der Waals surface area contributed by atoms with Crippen LogP contribution < -0.4 is 15.5 Å². The van der Waals surface area contributed by atoms with Crippen LogP contribution in [0.4, 0.5) is 22.7 Å². The van der Waals surface area contributed by atoms with Gasteiger partial charge in [0.15, 0.2) is 0 Å². The normalized spacial score (nSPS) is 13.3. The summed E-state index contributed by atoms with van der Waals surface area (Å²) in [5, 5.41) is 16.9. The molecule has 3 amide bonds. The van der Waals surface area contributed by atoms with Crippen molar-refractivity contribution in [3.05, 3.63) is 103 Å². The zero-order valence-corrected chi connectivity index (χ0v) is 20.5. The number of halogens is 2. The van der Waals surface area contributed by atoms with Gasteiger partial charge in [0.1, 0.15) is 10.7 Å². The largest absolute Gasteiger partial charge is 0.349 e. The minimum atomic E-state index is -0.695. The lowest BCUT2D eigenvalue weighted by atomic mass is 10.1. The van der Waals surface area contributed by atoms with Gasteiger partial charge in [0.2, 0.25) is 0 Å². The summed E-state index contributed by atoms with van der Waals surface area (Å²) < 4.78 is 0. The van der Waals surface area contributed by atoms with Gasteiger partial charge in [0.25, 0.3) is 23.4 Å². The molecule has 36 heavy (non-hydrogen) atoms. The molecule has 1 aliphatic rings. The van der Waals surface area contributed by atoms with Crippen LogP contribution in [0.5, 0.6) is 0 Å². The van der Waals surface area contributed by atoms with E-state index >= 15 is 0 Å². The quantitative estimate of drug-likeness (QED) is 0.247. The predicted octanol–water partition coefficient (Wildman–Crippen LogP) is 5.55. The van der Waals surface area contributed by atoms with E-state index in [2.05, 4.69) is 10.6 Å². The lowest BCUT2D eigenvalue weighted by Gasteiger charge is -2.16. The molecule has 2 N–H and O–H groups in total. The SMILES string of the molecule is Cc1ccc(C(=O)Nc2ccc(C)c([N+](=O)[O-])c2)cc1NC1=C(Cl)C(=O)N(c2ccc(Cl)cc2)C1=O. The molecule has 0 radical (unpaired) electrons. The van der Waals surface area contributed by atoms with Crippen molar-refractivity contribution in [3.63, 3.8) is 0 Å². The number of amides is 3. The second kappa shape index (κ2) is 9.80. The van der Waals surface area contributed by atoms with Gasteiger partial charge in [-0.3, -0.25) is 24.5 Å². The van der Waals surface area contributed by atoms with Crippen LogP contribution in [0, 0.1) is 24.0 Å². The monoisotopic (exact) mass is 524 g/mol. The third-order valence-corrected chi connectivity index (χ3v) is 6.14. The van der Waals surface area contributed by atoms with E-state index in [1.165, 1.54) is 24.3 Å². The number of nitro benzene ring substituents is 1. The number of rotatable bonds is 6. The Morgan fingerprint density at radius 2 is 1.58 bits per heavy atom. The first-order valence-electron chi connectivity index (χ1n) is 10.5. The van der Waals surface area contributed by atoms with Crippen LogP contribution in [0.1, 0.15) is 21.5 Å². The van der Waals surface area contributed by atoms with Crippen molar-refractivity contribution in [1.82, 2.24) is 0 Å². The van der Waals surface area contributed by atoms with Crippen molar-refractivity contribution in [2.24, 2.45) is 0 Å². The maximum Gasteiger partial charge on any atom is 0.283 e. The molecule has 1 heterocycles. The van der Waals surface area contributed by atoms with Crippen molar-refractivity contribution >= 4 is 63.7 Å². The number of carbonyl (C=O) groups excluding carboxylic acids is 3. The first kappa shape index (κ1) is 24.9. The molecule has 0 aromatic heterocycles. The fourth-order valence-corrected chi connectivity index (χ4v) is 3.89. The van der Waals surface area contributed by atoms with Crippen LogP contribution in [0.15, 0.2) is 71.4 Å². The maximum atomic E-state index is 13.0. The van der Waals surface area contributed by atoms with Gasteiger partial charge in [0, 0.05) is 33.6 Å². The highest BCUT2D eigenvalue weighted by Gasteiger charge is 2.39. The molecule has 0 aliphatic carbocycles. The molecular formula is C25H18Cl2N4O5. The zero-order chi connectivity index (χ0) is 26.1. The van der Waals surface area contributed by atoms with E-state index in [0.717, 1.165) is 4.90 Å². The lowest BCUT2D eigenvalue weighted by Crippen LogP contribution is -2.32. The summed E-state index contributed by atoms with van der Waals surface area (Å²) in [6.45, 7) is 3.35. The van der Waals surface area contributed by atoms with Crippen molar-refractivity contribution in [2.45, 2.75) is 13.8 Å². The van der Waals surface area contributed by atoms with Gasteiger partial charge in [-0.15, -0.1) is 0 Å². The van der Waals surface area contributed by atoms with Gasteiger partial charge >= 0.3 is 0 Å². The van der Waals surface area contributed by atoms with Crippen molar-refractivity contribution in [2.75, 3.05) is 15.5 Å². The molecule has 0 atom stereocenters. The molecule has 182 valence electrons. The Morgan fingerprint density at radius 3 is 2.25 bits per heavy atom. The third-order valence-electron chi connectivity index (χ3n) is 5.54. The van der Waals surface area contributed by atoms with Crippen LogP contribution in [-0.4, -0.2) is 22.6 Å². The number of nitrogens with one attached hydrogen (secondary N) is 2. The second-order valence-electron chi connectivity index (χ2n) is 7.98. The number of anilines is 3. The molecule has 11 heteroatoms. The maximum absolute atomic E-state index is 13.0. The number of imide groups is 1. The molecule has 3 aromatic carbocycles. The fourth-order valence-electron chi connectivity index (χ4n) is 3.56. The molecule has 0 unspecified atom stereocenters. The highest BCUT2D eigenvalue weighted by molar-refractivity contribution is 6.53. The average Bonchev–Trinajstić information content (AvgIpc) is 3.05. The summed E-state index contributed by atoms with van der Waals surface area (Å²) >= 11 is 12.1. The number of aryl methyl sites for hydroxylation is 2. The van der Waals surface area contributed by atoms with Gasteiger partial charge in [-0.1, -0.05) is 35.3 Å². The first-order chi connectivity index (χ1) is 17.1. The molecule has 0 spiro atoms. The summed E-state index contributed by atoms with van der Waals surface area (Å²) in [5.74, 6) is -1.87. The third kappa shape index (κ3) is 4.79. The smallest absolute Gasteiger partial charge is 0.283 e. The predicted molar refractivity (Wildman–Crippen MR) is 137 cm³/mol. The summed E-state index contributed by atoms with van der Waals surface area (Å²) in [6.07, 6.45) is 0. The summed E-state index contributed by atoms with van der Waals surface area (Å²) in [4.78, 5) is 50.2. The number of nitro groups is 1. The highest BCUT2D eigenvalue weighted by Crippen LogP contribution is 2.32. The van der Waals surface area contributed by atoms with Crippen LogP contribution in [0.3, 0.4) is 0 Å². The Morgan fingerprint density at radius 1 is 0.917 bits per heavy atom. The second-order valence-corrected chi connectivity index (χ2v) is 8.79.